The van der Waals surface area contributed by atoms with Crippen LogP contribution in [0.4, 0.5) is 14.7 Å². The zero-order valence-corrected chi connectivity index (χ0v) is 19.2. The second-order valence-electron chi connectivity index (χ2n) is 8.51. The van der Waals surface area contributed by atoms with E-state index in [4.69, 9.17) is 11.6 Å². The third kappa shape index (κ3) is 4.63. The lowest BCUT2D eigenvalue weighted by Crippen LogP contribution is -2.42. The van der Waals surface area contributed by atoms with E-state index in [2.05, 4.69) is 9.38 Å². The molecule has 2 aromatic rings. The molecule has 0 bridgehead atoms. The van der Waals surface area contributed by atoms with Gasteiger partial charge in [0, 0.05) is 43.6 Å². The van der Waals surface area contributed by atoms with Crippen molar-refractivity contribution in [2.45, 2.75) is 51.2 Å². The molecule has 1 aromatic carbocycles. The van der Waals surface area contributed by atoms with Gasteiger partial charge in [0.2, 0.25) is 5.95 Å². The number of rotatable bonds is 3. The van der Waals surface area contributed by atoms with E-state index < -0.39 is 22.0 Å². The Hall–Kier alpha value is -1.71. The molecular weight excluding hydrogens is 434 g/mol. The maximum Gasteiger partial charge on any atom is 0.262 e. The van der Waals surface area contributed by atoms with Crippen molar-refractivity contribution in [1.82, 2.24) is 9.55 Å². The summed E-state index contributed by atoms with van der Waals surface area (Å²) in [6.45, 7) is 7.33. The molecule has 1 aliphatic rings. The molecule has 0 N–H and O–H groups in total. The number of benzene rings is 1. The SMILES string of the molecule is CC(=N[S+]([O-])C(C)(C)C)c1cc(Cl)cc2c(=O)n(C)c(N3CCC(F)(F)CC3)nc12. The van der Waals surface area contributed by atoms with Crippen molar-refractivity contribution in [3.8, 4) is 0 Å². The smallest absolute Gasteiger partial charge is 0.262 e. The number of fused-ring (bicyclic) bond motifs is 1. The molecule has 0 amide bonds. The highest BCUT2D eigenvalue weighted by Gasteiger charge is 2.35. The Morgan fingerprint density at radius 1 is 1.30 bits per heavy atom. The fraction of sp³-hybridized carbons (Fsp3) is 0.550. The van der Waals surface area contributed by atoms with Crippen LogP contribution >= 0.6 is 11.6 Å². The fourth-order valence-electron chi connectivity index (χ4n) is 3.23. The second-order valence-corrected chi connectivity index (χ2v) is 10.8. The molecule has 30 heavy (non-hydrogen) atoms. The van der Waals surface area contributed by atoms with Crippen molar-refractivity contribution >= 4 is 45.5 Å². The van der Waals surface area contributed by atoms with E-state index in [0.29, 0.717) is 33.1 Å². The number of halogens is 3. The van der Waals surface area contributed by atoms with Crippen molar-refractivity contribution in [3.63, 3.8) is 0 Å². The van der Waals surface area contributed by atoms with E-state index in [1.807, 2.05) is 20.8 Å². The summed E-state index contributed by atoms with van der Waals surface area (Å²) >= 11 is 4.73. The molecule has 1 aliphatic heterocycles. The minimum Gasteiger partial charge on any atom is -0.591 e. The molecule has 1 atom stereocenters. The zero-order chi connectivity index (χ0) is 22.4. The number of anilines is 1. The number of alkyl halides is 2. The number of aromatic nitrogens is 2. The minimum absolute atomic E-state index is 0.100. The number of hydrogen-bond acceptors (Lipinski definition) is 5. The third-order valence-electron chi connectivity index (χ3n) is 5.03. The molecule has 0 radical (unpaired) electrons. The lowest BCUT2D eigenvalue weighted by atomic mass is 10.1. The van der Waals surface area contributed by atoms with Gasteiger partial charge in [-0.05, 0) is 39.8 Å². The summed E-state index contributed by atoms with van der Waals surface area (Å²) in [5.41, 5.74) is 0.965. The standard InChI is InChI=1S/C20H25ClF2N4O2S/c1-12(25-30(29)19(2,3)4)14-10-13(21)11-15-16(14)24-18(26(5)17(15)28)27-8-6-20(22,23)7-9-27/h10-11H,6-9H2,1-5H3. The topological polar surface area (TPSA) is 73.6 Å². The predicted molar refractivity (Wildman–Crippen MR) is 118 cm³/mol. The number of nitrogens with zero attached hydrogens (tertiary/aromatic N) is 4. The third-order valence-corrected chi connectivity index (χ3v) is 6.74. The van der Waals surface area contributed by atoms with Gasteiger partial charge in [0.25, 0.3) is 11.5 Å². The molecule has 1 unspecified atom stereocenters. The first-order valence-corrected chi connectivity index (χ1v) is 11.1. The first-order chi connectivity index (χ1) is 13.8. The van der Waals surface area contributed by atoms with E-state index in [1.165, 1.54) is 10.6 Å². The Morgan fingerprint density at radius 2 is 1.90 bits per heavy atom. The van der Waals surface area contributed by atoms with Gasteiger partial charge in [-0.25, -0.2) is 13.8 Å². The summed E-state index contributed by atoms with van der Waals surface area (Å²) in [4.78, 5) is 19.4. The van der Waals surface area contributed by atoms with Crippen LogP contribution in [0, 0.1) is 0 Å². The Balaban J connectivity index is 2.16. The Labute approximate surface area is 182 Å². The largest absolute Gasteiger partial charge is 0.591 e. The molecule has 6 nitrogen and oxygen atoms in total. The molecule has 3 rings (SSSR count). The van der Waals surface area contributed by atoms with Gasteiger partial charge in [0.05, 0.1) is 16.6 Å². The number of piperidine rings is 1. The van der Waals surface area contributed by atoms with Crippen LogP contribution in [0.1, 0.15) is 46.1 Å². The molecule has 0 spiro atoms. The van der Waals surface area contributed by atoms with Gasteiger partial charge in [0.15, 0.2) is 0 Å². The molecule has 2 heterocycles. The molecule has 10 heteroatoms. The normalized spacial score (nSPS) is 18.7. The number of hydrogen-bond donors (Lipinski definition) is 0. The summed E-state index contributed by atoms with van der Waals surface area (Å²) in [7, 11) is 1.56. The molecule has 1 fully saturated rings. The molecular formula is C20H25ClF2N4O2S. The van der Waals surface area contributed by atoms with Crippen LogP contribution in [-0.4, -0.2) is 43.6 Å². The first-order valence-electron chi connectivity index (χ1n) is 9.61. The van der Waals surface area contributed by atoms with Gasteiger partial charge in [-0.15, -0.1) is 0 Å². The Kier molecular flexibility index (Phi) is 6.19. The summed E-state index contributed by atoms with van der Waals surface area (Å²) in [6, 6.07) is 3.15. The van der Waals surface area contributed by atoms with Gasteiger partial charge in [-0.3, -0.25) is 9.36 Å². The average molecular weight is 459 g/mol. The van der Waals surface area contributed by atoms with Gasteiger partial charge in [-0.2, -0.15) is 0 Å². The predicted octanol–water partition coefficient (Wildman–Crippen LogP) is 4.09. The minimum atomic E-state index is -2.70. The van der Waals surface area contributed by atoms with Crippen LogP contribution in [0.3, 0.4) is 0 Å². The van der Waals surface area contributed by atoms with Crippen LogP contribution in [0.15, 0.2) is 21.3 Å². The summed E-state index contributed by atoms with van der Waals surface area (Å²) in [5.74, 6) is -2.39. The quantitative estimate of drug-likeness (QED) is 0.513. The van der Waals surface area contributed by atoms with Gasteiger partial charge >= 0.3 is 0 Å². The van der Waals surface area contributed by atoms with Crippen molar-refractivity contribution in [2.75, 3.05) is 18.0 Å². The van der Waals surface area contributed by atoms with Crippen LogP contribution in [0.25, 0.3) is 10.9 Å². The van der Waals surface area contributed by atoms with E-state index in [1.54, 1.807) is 24.9 Å². The first kappa shape index (κ1) is 23.0. The highest BCUT2D eigenvalue weighted by atomic mass is 35.5. The molecule has 1 aromatic heterocycles. The van der Waals surface area contributed by atoms with E-state index in [0.717, 1.165) is 0 Å². The summed E-state index contributed by atoms with van der Waals surface area (Å²) in [5, 5.41) is 0.625. The van der Waals surface area contributed by atoms with Crippen molar-refractivity contribution < 1.29 is 13.3 Å². The molecule has 164 valence electrons. The van der Waals surface area contributed by atoms with Gasteiger partial charge < -0.3 is 9.45 Å². The van der Waals surface area contributed by atoms with Crippen LogP contribution in [-0.2, 0) is 18.4 Å². The van der Waals surface area contributed by atoms with Gasteiger partial charge in [-0.1, -0.05) is 16.0 Å². The summed E-state index contributed by atoms with van der Waals surface area (Å²) in [6.07, 6.45) is -0.584. The summed E-state index contributed by atoms with van der Waals surface area (Å²) < 4.78 is 44.8. The van der Waals surface area contributed by atoms with E-state index in [-0.39, 0.29) is 31.5 Å². The lowest BCUT2D eigenvalue weighted by Gasteiger charge is -2.33. The average Bonchev–Trinajstić information content (AvgIpc) is 2.64. The van der Waals surface area contributed by atoms with Crippen LogP contribution in [0.5, 0.6) is 0 Å². The molecule has 1 saturated heterocycles. The molecule has 0 saturated carbocycles. The fourth-order valence-corrected chi connectivity index (χ4v) is 4.07. The maximum absolute atomic E-state index is 13.6. The monoisotopic (exact) mass is 458 g/mol. The highest BCUT2D eigenvalue weighted by molar-refractivity contribution is 7.91. The zero-order valence-electron chi connectivity index (χ0n) is 17.6. The lowest BCUT2D eigenvalue weighted by molar-refractivity contribution is -0.0223. The van der Waals surface area contributed by atoms with E-state index >= 15 is 0 Å². The molecule has 0 aliphatic carbocycles. The highest BCUT2D eigenvalue weighted by Crippen LogP contribution is 2.31. The maximum atomic E-state index is 13.6. The van der Waals surface area contributed by atoms with Crippen molar-refractivity contribution in [1.29, 1.82) is 0 Å². The van der Waals surface area contributed by atoms with Crippen molar-refractivity contribution in [2.24, 2.45) is 11.4 Å². The van der Waals surface area contributed by atoms with Crippen LogP contribution in [0.2, 0.25) is 5.02 Å². The van der Waals surface area contributed by atoms with Crippen molar-refractivity contribution in [3.05, 3.63) is 33.1 Å². The van der Waals surface area contributed by atoms with E-state index in [9.17, 15) is 18.1 Å². The van der Waals surface area contributed by atoms with Gasteiger partial charge in [0.1, 0.15) is 16.1 Å². The second kappa shape index (κ2) is 8.09. The Morgan fingerprint density at radius 3 is 2.47 bits per heavy atom. The van der Waals surface area contributed by atoms with Crippen LogP contribution < -0.4 is 10.5 Å². The Bertz CT molecular complexity index is 1060.